The van der Waals surface area contributed by atoms with Crippen LogP contribution in [0.5, 0.6) is 0 Å². The summed E-state index contributed by atoms with van der Waals surface area (Å²) in [5.41, 5.74) is 0. The Labute approximate surface area is 284 Å². The molecular weight excluding hydrogens is 620 g/mol. The van der Waals surface area contributed by atoms with Gasteiger partial charge in [-0.15, -0.1) is 0 Å². The van der Waals surface area contributed by atoms with Crippen molar-refractivity contribution in [3.63, 3.8) is 0 Å². The molecule has 43 heavy (non-hydrogen) atoms. The Bertz CT molecular complexity index is 591. The zero-order valence-electron chi connectivity index (χ0n) is 28.1. The van der Waals surface area contributed by atoms with Crippen LogP contribution < -0.4 is 10.2 Å². The number of carbonyl (C=O) groups excluding carboxylic acids is 2. The molecule has 4 atom stereocenters. The van der Waals surface area contributed by atoms with Gasteiger partial charge in [-0.25, -0.2) is 0 Å². The molecule has 0 spiro atoms. The smallest absolute Gasteiger partial charge is 0.550 e. The molecule has 0 aromatic rings. The second-order valence-corrected chi connectivity index (χ2v) is 12.9. The van der Waals surface area contributed by atoms with E-state index < -0.39 is 11.9 Å². The Hall–Kier alpha value is -0.257. The summed E-state index contributed by atoms with van der Waals surface area (Å²) in [6.07, 6.45) is 34.5. The van der Waals surface area contributed by atoms with Crippen LogP contribution in [0.1, 0.15) is 194 Å². The van der Waals surface area contributed by atoms with Crippen molar-refractivity contribution in [3.05, 3.63) is 0 Å². The molecule has 2 heterocycles. The molecule has 0 amide bonds. The zero-order chi connectivity index (χ0) is 30.7. The van der Waals surface area contributed by atoms with E-state index in [1.807, 2.05) is 0 Å². The van der Waals surface area contributed by atoms with Crippen molar-refractivity contribution in [2.75, 3.05) is 0 Å². The molecule has 0 aliphatic carbocycles. The summed E-state index contributed by atoms with van der Waals surface area (Å²) in [5.74, 6) is -1.84. The van der Waals surface area contributed by atoms with Gasteiger partial charge in [0, 0.05) is 11.9 Å². The fraction of sp³-hybridized carbons (Fsp3) is 0.944. The third kappa shape index (κ3) is 28.9. The molecule has 7 heteroatoms. The van der Waals surface area contributed by atoms with Crippen molar-refractivity contribution in [2.24, 2.45) is 0 Å². The van der Waals surface area contributed by atoms with Gasteiger partial charge in [0.25, 0.3) is 0 Å². The number of hydrogen-bond acceptors (Lipinski definition) is 6. The molecule has 4 unspecified atom stereocenters. The van der Waals surface area contributed by atoms with Gasteiger partial charge >= 0.3 is 26.2 Å². The third-order valence-corrected chi connectivity index (χ3v) is 8.80. The number of rotatable bonds is 30. The molecule has 6 nitrogen and oxygen atoms in total. The maximum atomic E-state index is 10.3. The quantitative estimate of drug-likeness (QED) is 0.0561. The molecule has 0 N–H and O–H groups in total. The van der Waals surface area contributed by atoms with E-state index in [0.717, 1.165) is 38.5 Å². The van der Waals surface area contributed by atoms with Gasteiger partial charge in [-0.2, -0.15) is 0 Å². The van der Waals surface area contributed by atoms with Gasteiger partial charge < -0.3 is 29.3 Å². The van der Waals surface area contributed by atoms with E-state index in [4.69, 9.17) is 9.47 Å². The Morgan fingerprint density at radius 3 is 0.907 bits per heavy atom. The van der Waals surface area contributed by atoms with Gasteiger partial charge in [-0.05, 0) is 51.4 Å². The van der Waals surface area contributed by atoms with Crippen LogP contribution >= 0.6 is 0 Å². The van der Waals surface area contributed by atoms with Gasteiger partial charge in [0.1, 0.15) is 0 Å². The standard InChI is InChI=1S/2C18H34O3.Zr/c2*1-2-3-4-5-7-10-13-16-17(21-16)14-11-8-6-9-12-15-18(19)20;/h2*16-17H,2-15H2,1H3,(H,19,20);/q;;+2/p-2. The summed E-state index contributed by atoms with van der Waals surface area (Å²) in [5, 5.41) is 20.5. The van der Waals surface area contributed by atoms with Crippen molar-refractivity contribution in [3.8, 4) is 0 Å². The van der Waals surface area contributed by atoms with E-state index in [2.05, 4.69) is 13.8 Å². The minimum Gasteiger partial charge on any atom is -0.550 e. The fourth-order valence-electron chi connectivity index (χ4n) is 5.92. The predicted molar refractivity (Wildman–Crippen MR) is 168 cm³/mol. The topological polar surface area (TPSA) is 105 Å². The zero-order valence-corrected chi connectivity index (χ0v) is 30.5. The van der Waals surface area contributed by atoms with E-state index in [0.29, 0.717) is 24.4 Å². The summed E-state index contributed by atoms with van der Waals surface area (Å²) < 4.78 is 11.4. The van der Waals surface area contributed by atoms with Crippen LogP contribution in [0.15, 0.2) is 0 Å². The van der Waals surface area contributed by atoms with Gasteiger partial charge in [-0.3, -0.25) is 0 Å². The predicted octanol–water partition coefficient (Wildman–Crippen LogP) is 7.97. The Kier molecular flexibility index (Phi) is 30.2. The van der Waals surface area contributed by atoms with Crippen molar-refractivity contribution in [1.29, 1.82) is 0 Å². The van der Waals surface area contributed by atoms with Crippen LogP contribution in [0.3, 0.4) is 0 Å². The van der Waals surface area contributed by atoms with Gasteiger partial charge in [0.15, 0.2) is 0 Å². The molecule has 0 aromatic heterocycles. The first-order chi connectivity index (χ1) is 20.5. The first-order valence-corrected chi connectivity index (χ1v) is 18.2. The Balaban J connectivity index is 0.000000802. The number of ether oxygens (including phenoxy) is 2. The fourth-order valence-corrected chi connectivity index (χ4v) is 5.92. The normalized spacial score (nSPS) is 20.1. The summed E-state index contributed by atoms with van der Waals surface area (Å²) in [6, 6.07) is 0. The van der Waals surface area contributed by atoms with Crippen LogP contribution in [0.25, 0.3) is 0 Å². The van der Waals surface area contributed by atoms with Crippen LogP contribution in [-0.4, -0.2) is 36.4 Å². The van der Waals surface area contributed by atoms with Crippen LogP contribution in [0, 0.1) is 0 Å². The number of carbonyl (C=O) groups is 2. The third-order valence-electron chi connectivity index (χ3n) is 8.80. The maximum absolute atomic E-state index is 10.3. The monoisotopic (exact) mass is 684 g/mol. The van der Waals surface area contributed by atoms with E-state index in [-0.39, 0.29) is 39.0 Å². The second-order valence-electron chi connectivity index (χ2n) is 12.9. The minimum atomic E-state index is -0.918. The van der Waals surface area contributed by atoms with E-state index in [9.17, 15) is 19.8 Å². The molecule has 250 valence electrons. The van der Waals surface area contributed by atoms with Crippen LogP contribution in [-0.2, 0) is 45.3 Å². The molecule has 2 rings (SSSR count). The maximum Gasteiger partial charge on any atom is 2.00 e. The molecule has 2 fully saturated rings. The Morgan fingerprint density at radius 2 is 0.651 bits per heavy atom. The first-order valence-electron chi connectivity index (χ1n) is 18.2. The molecule has 2 aliphatic heterocycles. The Morgan fingerprint density at radius 1 is 0.419 bits per heavy atom. The SMILES string of the molecule is CCCCCCCCC1OC1CCCCCCCC(=O)[O-].CCCCCCCCC1OC1CCCCCCCC(=O)[O-].[Zr+2]. The van der Waals surface area contributed by atoms with Crippen molar-refractivity contribution in [2.45, 2.75) is 218 Å². The van der Waals surface area contributed by atoms with Crippen LogP contribution in [0.4, 0.5) is 0 Å². The summed E-state index contributed by atoms with van der Waals surface area (Å²) in [6.45, 7) is 4.51. The van der Waals surface area contributed by atoms with Crippen molar-refractivity contribution < 1.29 is 55.5 Å². The van der Waals surface area contributed by atoms with Gasteiger partial charge in [0.2, 0.25) is 0 Å². The van der Waals surface area contributed by atoms with Gasteiger partial charge in [0.05, 0.1) is 24.4 Å². The number of epoxide rings is 2. The summed E-state index contributed by atoms with van der Waals surface area (Å²) in [4.78, 5) is 20.5. The molecule has 2 saturated heterocycles. The van der Waals surface area contributed by atoms with E-state index >= 15 is 0 Å². The molecule has 0 saturated carbocycles. The first kappa shape index (κ1) is 42.7. The van der Waals surface area contributed by atoms with E-state index in [1.54, 1.807) is 0 Å². The second kappa shape index (κ2) is 30.4. The number of hydrogen-bond donors (Lipinski definition) is 0. The average Bonchev–Trinajstić information content (AvgIpc) is 3.89. The van der Waals surface area contributed by atoms with E-state index in [1.165, 1.54) is 128 Å². The molecular formula is C36H66O6Zr. The number of carboxylic acid groups (broad SMARTS) is 2. The van der Waals surface area contributed by atoms with Crippen molar-refractivity contribution in [1.82, 2.24) is 0 Å². The number of aliphatic carboxylic acids is 2. The molecule has 2 aliphatic rings. The summed E-state index contributed by atoms with van der Waals surface area (Å²) in [7, 11) is 0. The average molecular weight is 686 g/mol. The molecule has 0 bridgehead atoms. The minimum absolute atomic E-state index is 0. The summed E-state index contributed by atoms with van der Waals surface area (Å²) >= 11 is 0. The van der Waals surface area contributed by atoms with Gasteiger partial charge in [-0.1, -0.05) is 142 Å². The van der Waals surface area contributed by atoms with Crippen LogP contribution in [0.2, 0.25) is 0 Å². The number of carboxylic acids is 2. The number of unbranched alkanes of at least 4 members (excludes halogenated alkanes) is 18. The van der Waals surface area contributed by atoms with Crippen molar-refractivity contribution >= 4 is 11.9 Å². The largest absolute Gasteiger partial charge is 2.00 e. The molecule has 0 aromatic carbocycles. The molecule has 0 radical (unpaired) electrons.